The molecule has 0 spiro atoms. The van der Waals surface area contributed by atoms with Crippen molar-refractivity contribution in [1.82, 2.24) is 0 Å². The topological polar surface area (TPSA) is 40.5 Å². The van der Waals surface area contributed by atoms with E-state index in [1.165, 1.54) is 0 Å². The van der Waals surface area contributed by atoms with Gasteiger partial charge in [-0.15, -0.1) is 12.6 Å². The summed E-state index contributed by atoms with van der Waals surface area (Å²) < 4.78 is 0.782. The third-order valence-electron chi connectivity index (χ3n) is 0.849. The first-order valence-corrected chi connectivity index (χ1v) is 4.48. The summed E-state index contributed by atoms with van der Waals surface area (Å²) >= 11 is 8.39. The summed E-state index contributed by atoms with van der Waals surface area (Å²) in [6, 6.07) is 0. The van der Waals surface area contributed by atoms with E-state index in [0.717, 1.165) is 17.0 Å². The van der Waals surface area contributed by atoms with Gasteiger partial charge in [-0.3, -0.25) is 0 Å². The maximum atomic E-state index is 8.11. The Kier molecular flexibility index (Phi) is 13.1. The largest absolute Gasteiger partial charge is 0.368 e. The number of aliphatic hydroxyl groups is 2. The van der Waals surface area contributed by atoms with Gasteiger partial charge in [0.25, 0.3) is 0 Å². The second-order valence-electron chi connectivity index (χ2n) is 2.02. The number of hydrogen-bond acceptors (Lipinski definition) is 3. The maximum Gasteiger partial charge on any atom is 0.151 e. The zero-order valence-corrected chi connectivity index (χ0v) is 8.66. The van der Waals surface area contributed by atoms with E-state index in [9.17, 15) is 0 Å². The quantitative estimate of drug-likeness (QED) is 0.366. The molecule has 2 N–H and O–H groups in total. The number of hydrogen-bond donors (Lipinski definition) is 3. The van der Waals surface area contributed by atoms with Crippen molar-refractivity contribution in [3.8, 4) is 0 Å². The highest BCUT2D eigenvalue weighted by Gasteiger charge is 1.89. The fourth-order valence-electron chi connectivity index (χ4n) is 0.258. The van der Waals surface area contributed by atoms with Crippen molar-refractivity contribution in [1.29, 1.82) is 0 Å². The van der Waals surface area contributed by atoms with Crippen LogP contribution in [0.5, 0.6) is 0 Å². The Bertz CT molecular complexity index is 94.4. The first-order chi connectivity index (χ1) is 5.04. The fraction of sp³-hybridized carbons (Fsp3) is 0.857. The summed E-state index contributed by atoms with van der Waals surface area (Å²) in [5.74, 6) is 0. The van der Waals surface area contributed by atoms with Crippen LogP contribution in [0.2, 0.25) is 0 Å². The maximum absolute atomic E-state index is 8.11. The molecular weight excluding hydrogens is 180 g/mol. The number of aliphatic hydroxyl groups excluding tert-OH is 1. The van der Waals surface area contributed by atoms with Crippen LogP contribution in [0.4, 0.5) is 0 Å². The standard InChI is InChI=1S/C4H10O2.C3H6S2/c1-2-3-4(5)6;1-2-3(4)5/h4-6H,2-3H2,1H3;2H2,1H3,(H,4,5). The molecule has 0 atom stereocenters. The van der Waals surface area contributed by atoms with Gasteiger partial charge in [-0.1, -0.05) is 32.5 Å². The van der Waals surface area contributed by atoms with Gasteiger partial charge in [-0.2, -0.15) is 0 Å². The van der Waals surface area contributed by atoms with Crippen LogP contribution in [0.3, 0.4) is 0 Å². The molecule has 0 rings (SSSR count). The highest BCUT2D eigenvalue weighted by Crippen LogP contribution is 1.88. The lowest BCUT2D eigenvalue weighted by Crippen LogP contribution is -2.01. The van der Waals surface area contributed by atoms with Crippen molar-refractivity contribution >= 4 is 29.0 Å². The zero-order chi connectivity index (χ0) is 9.28. The Morgan fingerprint density at radius 1 is 1.45 bits per heavy atom. The van der Waals surface area contributed by atoms with E-state index in [1.54, 1.807) is 0 Å². The predicted molar refractivity (Wildman–Crippen MR) is 55.0 cm³/mol. The fourth-order valence-corrected chi connectivity index (χ4v) is 0.258. The lowest BCUT2D eigenvalue weighted by molar-refractivity contribution is -0.0453. The number of thiol groups is 1. The van der Waals surface area contributed by atoms with Crippen LogP contribution in [0.1, 0.15) is 33.1 Å². The van der Waals surface area contributed by atoms with Gasteiger partial charge in [-0.05, 0) is 12.8 Å². The summed E-state index contributed by atoms with van der Waals surface area (Å²) in [5.41, 5.74) is 0. The Morgan fingerprint density at radius 3 is 1.82 bits per heavy atom. The summed E-state index contributed by atoms with van der Waals surface area (Å²) in [6.45, 7) is 3.88. The Morgan fingerprint density at radius 2 is 1.82 bits per heavy atom. The van der Waals surface area contributed by atoms with E-state index >= 15 is 0 Å². The molecule has 0 aliphatic heterocycles. The molecule has 0 aromatic carbocycles. The molecule has 2 nitrogen and oxygen atoms in total. The van der Waals surface area contributed by atoms with Gasteiger partial charge in [0.1, 0.15) is 0 Å². The molecule has 4 heteroatoms. The minimum atomic E-state index is -1.10. The van der Waals surface area contributed by atoms with E-state index in [1.807, 2.05) is 13.8 Å². The molecule has 0 unspecified atom stereocenters. The molecule has 0 aromatic heterocycles. The molecule has 0 amide bonds. The van der Waals surface area contributed by atoms with E-state index in [0.29, 0.717) is 6.42 Å². The van der Waals surface area contributed by atoms with Gasteiger partial charge < -0.3 is 10.2 Å². The Balaban J connectivity index is 0. The Labute approximate surface area is 79.0 Å². The smallest absolute Gasteiger partial charge is 0.151 e. The van der Waals surface area contributed by atoms with E-state index in [2.05, 4.69) is 24.8 Å². The zero-order valence-electron chi connectivity index (χ0n) is 6.95. The average molecular weight is 196 g/mol. The van der Waals surface area contributed by atoms with E-state index < -0.39 is 6.29 Å². The molecular formula is C7H16O2S2. The lowest BCUT2D eigenvalue weighted by atomic mass is 10.3. The minimum absolute atomic E-state index is 0.486. The molecule has 0 aromatic rings. The van der Waals surface area contributed by atoms with Gasteiger partial charge in [-0.25, -0.2) is 0 Å². The van der Waals surface area contributed by atoms with Crippen LogP contribution in [0.25, 0.3) is 0 Å². The SMILES string of the molecule is CCC(=S)S.CCCC(O)O. The van der Waals surface area contributed by atoms with Gasteiger partial charge >= 0.3 is 0 Å². The van der Waals surface area contributed by atoms with Crippen molar-refractivity contribution in [2.45, 2.75) is 39.4 Å². The molecule has 0 bridgehead atoms. The number of thiocarbonyl (C=S) groups is 1. The monoisotopic (exact) mass is 196 g/mol. The molecule has 0 saturated carbocycles. The lowest BCUT2D eigenvalue weighted by Gasteiger charge is -1.94. The normalized spacial score (nSPS) is 8.91. The van der Waals surface area contributed by atoms with Crippen molar-refractivity contribution in [3.63, 3.8) is 0 Å². The number of rotatable bonds is 3. The average Bonchev–Trinajstić information content (AvgIpc) is 1.89. The van der Waals surface area contributed by atoms with Crippen LogP contribution in [0.15, 0.2) is 0 Å². The van der Waals surface area contributed by atoms with E-state index in [4.69, 9.17) is 10.2 Å². The second kappa shape index (κ2) is 10.4. The summed E-state index contributed by atoms with van der Waals surface area (Å²) in [6.07, 6.45) is 1.12. The molecule has 68 valence electrons. The summed E-state index contributed by atoms with van der Waals surface area (Å²) in [4.78, 5) is 0. The van der Waals surface area contributed by atoms with E-state index in [-0.39, 0.29) is 0 Å². The van der Waals surface area contributed by atoms with Crippen molar-refractivity contribution in [2.75, 3.05) is 0 Å². The summed E-state index contributed by atoms with van der Waals surface area (Å²) in [5, 5.41) is 16.2. The van der Waals surface area contributed by atoms with Crippen molar-refractivity contribution < 1.29 is 10.2 Å². The molecule has 0 aliphatic rings. The third kappa shape index (κ3) is 25.2. The van der Waals surface area contributed by atoms with Gasteiger partial charge in [0.2, 0.25) is 0 Å². The highest BCUT2D eigenvalue weighted by atomic mass is 32.1. The van der Waals surface area contributed by atoms with Gasteiger partial charge in [0, 0.05) is 4.20 Å². The summed E-state index contributed by atoms with van der Waals surface area (Å²) in [7, 11) is 0. The predicted octanol–water partition coefficient (Wildman–Crippen LogP) is 1.75. The van der Waals surface area contributed by atoms with Crippen LogP contribution < -0.4 is 0 Å². The van der Waals surface area contributed by atoms with Gasteiger partial charge in [0.05, 0.1) is 0 Å². The first kappa shape index (κ1) is 13.9. The molecule has 0 radical (unpaired) electrons. The molecule has 0 aliphatic carbocycles. The van der Waals surface area contributed by atoms with Crippen LogP contribution in [-0.4, -0.2) is 20.7 Å². The van der Waals surface area contributed by atoms with Crippen LogP contribution in [0, 0.1) is 0 Å². The van der Waals surface area contributed by atoms with Crippen molar-refractivity contribution in [2.24, 2.45) is 0 Å². The molecule has 11 heavy (non-hydrogen) atoms. The molecule has 0 saturated heterocycles. The molecule has 0 heterocycles. The molecule has 0 fully saturated rings. The second-order valence-corrected chi connectivity index (χ2v) is 3.35. The highest BCUT2D eigenvalue weighted by molar-refractivity contribution is 8.11. The van der Waals surface area contributed by atoms with Crippen LogP contribution >= 0.6 is 24.8 Å². The van der Waals surface area contributed by atoms with Crippen molar-refractivity contribution in [3.05, 3.63) is 0 Å². The van der Waals surface area contributed by atoms with Crippen LogP contribution in [-0.2, 0) is 0 Å². The first-order valence-electron chi connectivity index (χ1n) is 3.62. The minimum Gasteiger partial charge on any atom is -0.368 e. The van der Waals surface area contributed by atoms with Gasteiger partial charge in [0.15, 0.2) is 6.29 Å². The Hall–Kier alpha value is 0.360. The third-order valence-corrected chi connectivity index (χ3v) is 1.45.